The van der Waals surface area contributed by atoms with E-state index in [0.29, 0.717) is 13.0 Å². The second kappa shape index (κ2) is 15.6. The molecule has 4 aromatic rings. The summed E-state index contributed by atoms with van der Waals surface area (Å²) in [6.45, 7) is -0.886. The standard InChI is InChI=1S/C42H41F10N7O5/c1-38-14-23(43)17-58(19-38)34-28-16-53-32(31(46)33(28)54-35(55-34)63-21-39-7-3-9-59(39)18-24(44)15-39)27-13-25(64-37(61)57-10-8-40(20-57,41(47,48)49)42(50,51)52)12-22-5-6-29(45)26(30(22)27)4-2-11-62-36(60)56-38/h5-6,12-13,16,23-24H,2-4,7-11,14-15,17-21H2,1H3,(H,56,60)/t23-,24-,38-,39+/m1/s1. The molecule has 0 unspecified atom stereocenters. The maximum Gasteiger partial charge on any atom is 0.415 e. The Kier molecular flexibility index (Phi) is 10.7. The zero-order chi connectivity index (χ0) is 45.6. The number of nitrogens with one attached hydrogen (secondary N) is 1. The lowest BCUT2D eigenvalue weighted by Gasteiger charge is -2.42. The highest BCUT2D eigenvalue weighted by Gasteiger charge is 2.73. The lowest BCUT2D eigenvalue weighted by atomic mass is 9.85. The number of fused-ring (bicyclic) bond motifs is 7. The van der Waals surface area contributed by atoms with Gasteiger partial charge in [-0.2, -0.15) is 36.3 Å². The number of anilines is 1. The Balaban J connectivity index is 1.18. The zero-order valence-electron chi connectivity index (χ0n) is 34.2. The molecule has 4 atom stereocenters. The summed E-state index contributed by atoms with van der Waals surface area (Å²) < 4.78 is 164. The van der Waals surface area contributed by atoms with Crippen molar-refractivity contribution in [2.45, 2.75) is 87.6 Å². The third-order valence-electron chi connectivity index (χ3n) is 13.2. The van der Waals surface area contributed by atoms with Crippen molar-refractivity contribution in [2.24, 2.45) is 5.41 Å². The number of amides is 2. The summed E-state index contributed by atoms with van der Waals surface area (Å²) in [4.78, 5) is 43.6. The number of halogens is 10. The number of rotatable bonds is 4. The van der Waals surface area contributed by atoms with E-state index in [1.54, 1.807) is 6.92 Å². The van der Waals surface area contributed by atoms with Crippen molar-refractivity contribution < 1.29 is 67.7 Å². The van der Waals surface area contributed by atoms with Crippen LogP contribution in [0.3, 0.4) is 0 Å². The number of piperidine rings is 1. The van der Waals surface area contributed by atoms with E-state index in [2.05, 4.69) is 20.3 Å². The number of carbonyl (C=O) groups is 2. The minimum Gasteiger partial charge on any atom is -0.461 e. The molecule has 64 heavy (non-hydrogen) atoms. The van der Waals surface area contributed by atoms with E-state index in [4.69, 9.17) is 14.2 Å². The molecule has 1 N–H and O–H groups in total. The fraction of sp³-hybridized carbons (Fsp3) is 0.548. The first-order valence-corrected chi connectivity index (χ1v) is 20.8. The second-order valence-corrected chi connectivity index (χ2v) is 17.7. The molecular weight excluding hydrogens is 872 g/mol. The van der Waals surface area contributed by atoms with E-state index in [-0.39, 0.29) is 103 Å². The molecule has 12 nitrogen and oxygen atoms in total. The van der Waals surface area contributed by atoms with E-state index < -0.39 is 101 Å². The molecule has 2 amide bonds. The lowest BCUT2D eigenvalue weighted by Crippen LogP contribution is -2.60. The summed E-state index contributed by atoms with van der Waals surface area (Å²) in [5.74, 6) is -2.39. The smallest absolute Gasteiger partial charge is 0.415 e. The minimum atomic E-state index is -5.75. The molecule has 6 bridgehead atoms. The van der Waals surface area contributed by atoms with Crippen molar-refractivity contribution in [1.82, 2.24) is 30.1 Å². The number of aryl methyl sites for hydroxylation is 1. The summed E-state index contributed by atoms with van der Waals surface area (Å²) in [5, 5.41) is 2.83. The van der Waals surface area contributed by atoms with Crippen LogP contribution < -0.4 is 19.7 Å². The Morgan fingerprint density at radius 3 is 2.48 bits per heavy atom. The predicted octanol–water partition coefficient (Wildman–Crippen LogP) is 8.37. The van der Waals surface area contributed by atoms with Crippen LogP contribution in [0.2, 0.25) is 0 Å². The highest BCUT2D eigenvalue weighted by Crippen LogP contribution is 2.56. The first kappa shape index (κ1) is 43.8. The molecule has 0 radical (unpaired) electrons. The van der Waals surface area contributed by atoms with Gasteiger partial charge < -0.3 is 29.3 Å². The second-order valence-electron chi connectivity index (χ2n) is 17.7. The SMILES string of the molecule is C[C@@]12C[C@@H](F)CN(C1)c1nc(OC[C@@]34CCCN3C[C@H](F)C4)nc3c(F)c(ncc13)-c1cc(OC(=O)N3CCC(C(F)(F)F)(C(F)(F)F)C3)cc3ccc(F)c(c13)CCCOC(=O)N2. The van der Waals surface area contributed by atoms with Crippen LogP contribution >= 0.6 is 0 Å². The number of alkyl halides is 8. The molecule has 2 aromatic carbocycles. The normalized spacial score (nSPS) is 26.3. The molecule has 6 aliphatic rings. The molecule has 6 aliphatic heterocycles. The van der Waals surface area contributed by atoms with Crippen molar-refractivity contribution in [1.29, 1.82) is 0 Å². The van der Waals surface area contributed by atoms with Crippen molar-refractivity contribution in [2.75, 3.05) is 57.4 Å². The van der Waals surface area contributed by atoms with Crippen molar-refractivity contribution in [3.8, 4) is 23.0 Å². The van der Waals surface area contributed by atoms with Gasteiger partial charge in [-0.15, -0.1) is 0 Å². The van der Waals surface area contributed by atoms with Gasteiger partial charge in [0.1, 0.15) is 47.5 Å². The maximum atomic E-state index is 17.5. The number of benzene rings is 2. The third-order valence-corrected chi connectivity index (χ3v) is 13.2. The fourth-order valence-electron chi connectivity index (χ4n) is 10.2. The third kappa shape index (κ3) is 7.61. The summed E-state index contributed by atoms with van der Waals surface area (Å²) in [5.41, 5.74) is -7.26. The van der Waals surface area contributed by atoms with Gasteiger partial charge in [-0.1, -0.05) is 6.07 Å². The Morgan fingerprint density at radius 2 is 1.73 bits per heavy atom. The van der Waals surface area contributed by atoms with Crippen LogP contribution in [-0.4, -0.2) is 125 Å². The van der Waals surface area contributed by atoms with Gasteiger partial charge >= 0.3 is 30.5 Å². The van der Waals surface area contributed by atoms with Crippen LogP contribution in [-0.2, 0) is 11.2 Å². The van der Waals surface area contributed by atoms with Crippen LogP contribution in [0.5, 0.6) is 11.8 Å². The summed E-state index contributed by atoms with van der Waals surface area (Å²) in [7, 11) is 0. The van der Waals surface area contributed by atoms with Crippen LogP contribution in [0, 0.1) is 17.0 Å². The number of likely N-dealkylation sites (tertiary alicyclic amines) is 1. The van der Waals surface area contributed by atoms with E-state index >= 15 is 13.2 Å². The lowest BCUT2D eigenvalue weighted by molar-refractivity contribution is -0.334. The molecule has 22 heteroatoms. The number of hydrogen-bond donors (Lipinski definition) is 1. The number of carbonyl (C=O) groups excluding carboxylic acids is 2. The highest BCUT2D eigenvalue weighted by molar-refractivity contribution is 6.02. The molecule has 0 saturated carbocycles. The molecule has 2 aromatic heterocycles. The van der Waals surface area contributed by atoms with Crippen molar-refractivity contribution >= 4 is 39.7 Å². The molecule has 4 fully saturated rings. The summed E-state index contributed by atoms with van der Waals surface area (Å²) >= 11 is 0. The molecule has 344 valence electrons. The van der Waals surface area contributed by atoms with Gasteiger partial charge in [0, 0.05) is 50.8 Å². The first-order chi connectivity index (χ1) is 30.2. The quantitative estimate of drug-likeness (QED) is 0.200. The minimum absolute atomic E-state index is 0.0211. The molecular formula is C42H41F10N7O5. The molecule has 4 saturated heterocycles. The van der Waals surface area contributed by atoms with Crippen molar-refractivity contribution in [3.63, 3.8) is 0 Å². The van der Waals surface area contributed by atoms with Crippen LogP contribution in [0.4, 0.5) is 59.3 Å². The maximum absolute atomic E-state index is 17.5. The number of nitrogens with zero attached hydrogens (tertiary/aromatic N) is 6. The first-order valence-electron chi connectivity index (χ1n) is 20.8. The number of alkyl carbamates (subject to hydrolysis) is 1. The average molecular weight is 914 g/mol. The van der Waals surface area contributed by atoms with Crippen LogP contribution in [0.25, 0.3) is 32.9 Å². The largest absolute Gasteiger partial charge is 0.461 e. The van der Waals surface area contributed by atoms with Crippen LogP contribution in [0.1, 0.15) is 51.0 Å². The number of pyridine rings is 1. The Labute approximate surface area is 358 Å². The highest BCUT2D eigenvalue weighted by atomic mass is 19.4. The van der Waals surface area contributed by atoms with Gasteiger partial charge in [0.15, 0.2) is 11.2 Å². The predicted molar refractivity (Wildman–Crippen MR) is 208 cm³/mol. The fourth-order valence-corrected chi connectivity index (χ4v) is 10.2. The average Bonchev–Trinajstić information content (AvgIpc) is 3.92. The zero-order valence-corrected chi connectivity index (χ0v) is 34.2. The number of aromatic nitrogens is 3. The van der Waals surface area contributed by atoms with Gasteiger partial charge in [0.2, 0.25) is 0 Å². The molecule has 10 rings (SSSR count). The number of hydrogen-bond acceptors (Lipinski definition) is 10. The molecule has 8 heterocycles. The Bertz CT molecular complexity index is 2520. The Hall–Kier alpha value is -5.41. The van der Waals surface area contributed by atoms with Gasteiger partial charge in [-0.05, 0) is 80.1 Å². The van der Waals surface area contributed by atoms with E-state index in [1.807, 2.05) is 4.90 Å². The van der Waals surface area contributed by atoms with E-state index in [9.17, 15) is 40.3 Å². The van der Waals surface area contributed by atoms with E-state index in [1.165, 1.54) is 23.2 Å². The molecule has 0 spiro atoms. The van der Waals surface area contributed by atoms with Gasteiger partial charge in [-0.3, -0.25) is 9.88 Å². The Morgan fingerprint density at radius 1 is 0.969 bits per heavy atom. The monoisotopic (exact) mass is 913 g/mol. The van der Waals surface area contributed by atoms with Gasteiger partial charge in [0.25, 0.3) is 0 Å². The summed E-state index contributed by atoms with van der Waals surface area (Å²) in [6.07, 6.45) is -15.5. The van der Waals surface area contributed by atoms with Gasteiger partial charge in [0.05, 0.1) is 29.6 Å². The van der Waals surface area contributed by atoms with E-state index in [0.717, 1.165) is 18.6 Å². The summed E-state index contributed by atoms with van der Waals surface area (Å²) in [6, 6.07) is 4.20. The topological polar surface area (TPSA) is 122 Å². The molecule has 0 aliphatic carbocycles. The van der Waals surface area contributed by atoms with Crippen LogP contribution in [0.15, 0.2) is 30.5 Å². The number of ether oxygens (including phenoxy) is 3. The van der Waals surface area contributed by atoms with Gasteiger partial charge in [-0.25, -0.2) is 27.2 Å². The van der Waals surface area contributed by atoms with Crippen molar-refractivity contribution in [3.05, 3.63) is 47.7 Å².